The van der Waals surface area contributed by atoms with Gasteiger partial charge in [-0.15, -0.1) is 0 Å². The van der Waals surface area contributed by atoms with E-state index in [9.17, 15) is 4.79 Å². The van der Waals surface area contributed by atoms with Gasteiger partial charge in [-0.25, -0.2) is 0 Å². The summed E-state index contributed by atoms with van der Waals surface area (Å²) in [5.41, 5.74) is 0. The molecule has 0 bridgehead atoms. The number of rotatable bonds is 3. The summed E-state index contributed by atoms with van der Waals surface area (Å²) in [6.07, 6.45) is 2.19. The third-order valence-corrected chi connectivity index (χ3v) is 1.49. The summed E-state index contributed by atoms with van der Waals surface area (Å²) in [6, 6.07) is 0. The molecule has 0 unspecified atom stereocenters. The highest BCUT2D eigenvalue weighted by Crippen LogP contribution is 2.02. The van der Waals surface area contributed by atoms with E-state index in [1.165, 1.54) is 6.92 Å². The number of likely N-dealkylation sites (tertiary alicyclic amines) is 1. The Labute approximate surface area is 61.0 Å². The molecule has 0 aromatic heterocycles. The quantitative estimate of drug-likeness (QED) is 0.522. The van der Waals surface area contributed by atoms with Crippen molar-refractivity contribution in [2.45, 2.75) is 6.92 Å². The lowest BCUT2D eigenvalue weighted by atomic mass is 10.2. The molecule has 0 amide bonds. The van der Waals surface area contributed by atoms with Crippen molar-refractivity contribution < 1.29 is 9.53 Å². The van der Waals surface area contributed by atoms with Gasteiger partial charge >= 0.3 is 5.97 Å². The maximum absolute atomic E-state index is 10.3. The predicted octanol–water partition coefficient (Wildman–Crippen LogP) is 0.0694. The van der Waals surface area contributed by atoms with Crippen LogP contribution in [0.25, 0.3) is 0 Å². The van der Waals surface area contributed by atoms with Crippen LogP contribution in [0.1, 0.15) is 6.92 Å². The number of esters is 1. The first-order valence-corrected chi connectivity index (χ1v) is 3.46. The summed E-state index contributed by atoms with van der Waals surface area (Å²) >= 11 is 0. The number of carbonyl (C=O) groups excluding carboxylic acids is 1. The topological polar surface area (TPSA) is 29.5 Å². The van der Waals surface area contributed by atoms with E-state index < -0.39 is 0 Å². The van der Waals surface area contributed by atoms with E-state index in [2.05, 4.69) is 11.3 Å². The normalized spacial score (nSPS) is 18.1. The van der Waals surface area contributed by atoms with E-state index in [1.54, 1.807) is 0 Å². The van der Waals surface area contributed by atoms with Crippen LogP contribution in [0.3, 0.4) is 0 Å². The van der Waals surface area contributed by atoms with E-state index in [4.69, 9.17) is 4.74 Å². The second-order valence-electron chi connectivity index (χ2n) is 2.39. The molecule has 1 aliphatic heterocycles. The summed E-state index contributed by atoms with van der Waals surface area (Å²) in [5.74, 6) is -0.190. The van der Waals surface area contributed by atoms with Crippen LogP contribution >= 0.6 is 0 Å². The Kier molecular flexibility index (Phi) is 2.68. The summed E-state index contributed by atoms with van der Waals surface area (Å²) < 4.78 is 4.75. The van der Waals surface area contributed by atoms with Crippen molar-refractivity contribution in [2.75, 3.05) is 26.2 Å². The Morgan fingerprint density at radius 2 is 2.40 bits per heavy atom. The molecule has 1 rings (SSSR count). The second-order valence-corrected chi connectivity index (χ2v) is 2.39. The maximum Gasteiger partial charge on any atom is 0.302 e. The highest BCUT2D eigenvalue weighted by Gasteiger charge is 2.12. The zero-order chi connectivity index (χ0) is 7.40. The molecule has 0 N–H and O–H groups in total. The van der Waals surface area contributed by atoms with Gasteiger partial charge in [-0.05, 0) is 6.42 Å². The van der Waals surface area contributed by atoms with Crippen LogP contribution in [0.2, 0.25) is 0 Å². The molecule has 1 saturated heterocycles. The van der Waals surface area contributed by atoms with Gasteiger partial charge in [0.05, 0.1) is 0 Å². The van der Waals surface area contributed by atoms with Crippen LogP contribution < -0.4 is 0 Å². The van der Waals surface area contributed by atoms with Gasteiger partial charge < -0.3 is 4.74 Å². The van der Waals surface area contributed by atoms with Crippen LogP contribution in [0, 0.1) is 6.42 Å². The Bertz CT molecular complexity index is 121. The summed E-state index contributed by atoms with van der Waals surface area (Å²) in [4.78, 5) is 12.5. The van der Waals surface area contributed by atoms with E-state index in [-0.39, 0.29) is 5.97 Å². The molecule has 0 aromatic rings. The van der Waals surface area contributed by atoms with Crippen LogP contribution in [0.5, 0.6) is 0 Å². The molecule has 0 atom stereocenters. The van der Waals surface area contributed by atoms with Gasteiger partial charge in [0.25, 0.3) is 0 Å². The van der Waals surface area contributed by atoms with E-state index in [0.29, 0.717) is 6.61 Å². The molecule has 0 saturated carbocycles. The standard InChI is InChI=1S/C7H12NO2/c1-7(9)10-6-5-8-3-2-4-8/h2H,3-6H2,1H3. The molecule has 1 fully saturated rings. The SMILES string of the molecule is CC(=O)OCCN1C[CH]C1. The van der Waals surface area contributed by atoms with Gasteiger partial charge in [0.15, 0.2) is 0 Å². The third-order valence-electron chi connectivity index (χ3n) is 1.49. The first-order valence-electron chi connectivity index (χ1n) is 3.46. The van der Waals surface area contributed by atoms with Gasteiger partial charge in [-0.1, -0.05) is 0 Å². The summed E-state index contributed by atoms with van der Waals surface area (Å²) in [7, 11) is 0. The smallest absolute Gasteiger partial charge is 0.302 e. The first kappa shape index (κ1) is 7.54. The van der Waals surface area contributed by atoms with Crippen LogP contribution in [0.15, 0.2) is 0 Å². The number of hydrogen-bond donors (Lipinski definition) is 0. The molecule has 0 aromatic carbocycles. The van der Waals surface area contributed by atoms with Crippen LogP contribution in [-0.2, 0) is 9.53 Å². The lowest BCUT2D eigenvalue weighted by Gasteiger charge is -2.29. The van der Waals surface area contributed by atoms with Crippen molar-refractivity contribution in [3.05, 3.63) is 6.42 Å². The summed E-state index contributed by atoms with van der Waals surface area (Å²) in [5, 5.41) is 0. The van der Waals surface area contributed by atoms with Crippen LogP contribution in [0.4, 0.5) is 0 Å². The highest BCUT2D eigenvalue weighted by molar-refractivity contribution is 5.65. The number of carbonyl (C=O) groups is 1. The largest absolute Gasteiger partial charge is 0.465 e. The van der Waals surface area contributed by atoms with Gasteiger partial charge in [-0.3, -0.25) is 9.69 Å². The fourth-order valence-corrected chi connectivity index (χ4v) is 0.813. The monoisotopic (exact) mass is 142 g/mol. The van der Waals surface area contributed by atoms with Gasteiger partial charge in [0.2, 0.25) is 0 Å². The number of ether oxygens (including phenoxy) is 1. The molecule has 3 heteroatoms. The van der Waals surface area contributed by atoms with Gasteiger partial charge in [0, 0.05) is 26.6 Å². The molecular formula is C7H12NO2. The zero-order valence-electron chi connectivity index (χ0n) is 6.17. The predicted molar refractivity (Wildman–Crippen MR) is 37.4 cm³/mol. The molecule has 1 radical (unpaired) electrons. The minimum atomic E-state index is -0.190. The number of hydrogen-bond acceptors (Lipinski definition) is 3. The van der Waals surface area contributed by atoms with Crippen LogP contribution in [-0.4, -0.2) is 37.1 Å². The van der Waals surface area contributed by atoms with E-state index in [0.717, 1.165) is 19.6 Å². The Hall–Kier alpha value is -0.570. The molecule has 1 aliphatic rings. The van der Waals surface area contributed by atoms with Crippen molar-refractivity contribution >= 4 is 5.97 Å². The van der Waals surface area contributed by atoms with E-state index >= 15 is 0 Å². The average Bonchev–Trinajstić information content (AvgIpc) is 1.75. The van der Waals surface area contributed by atoms with Crippen molar-refractivity contribution in [3.8, 4) is 0 Å². The Balaban J connectivity index is 1.89. The lowest BCUT2D eigenvalue weighted by molar-refractivity contribution is -0.141. The summed E-state index contributed by atoms with van der Waals surface area (Å²) in [6.45, 7) is 4.92. The lowest BCUT2D eigenvalue weighted by Crippen LogP contribution is -2.40. The fourth-order valence-electron chi connectivity index (χ4n) is 0.813. The first-order chi connectivity index (χ1) is 4.79. The van der Waals surface area contributed by atoms with Gasteiger partial charge in [0.1, 0.15) is 6.61 Å². The number of nitrogens with zero attached hydrogens (tertiary/aromatic N) is 1. The molecule has 1 heterocycles. The fraction of sp³-hybridized carbons (Fsp3) is 0.714. The third kappa shape index (κ3) is 2.35. The average molecular weight is 142 g/mol. The van der Waals surface area contributed by atoms with Crippen molar-refractivity contribution in [2.24, 2.45) is 0 Å². The molecule has 0 spiro atoms. The minimum absolute atomic E-state index is 0.190. The van der Waals surface area contributed by atoms with Crippen molar-refractivity contribution in [1.82, 2.24) is 4.90 Å². The second kappa shape index (κ2) is 3.56. The Morgan fingerprint density at radius 1 is 1.70 bits per heavy atom. The molecule has 3 nitrogen and oxygen atoms in total. The van der Waals surface area contributed by atoms with Crippen molar-refractivity contribution in [1.29, 1.82) is 0 Å². The molecule has 57 valence electrons. The maximum atomic E-state index is 10.3. The molecular weight excluding hydrogens is 130 g/mol. The molecule has 0 aliphatic carbocycles. The zero-order valence-corrected chi connectivity index (χ0v) is 6.17. The highest BCUT2D eigenvalue weighted by atomic mass is 16.5. The van der Waals surface area contributed by atoms with Gasteiger partial charge in [-0.2, -0.15) is 0 Å². The van der Waals surface area contributed by atoms with Crippen molar-refractivity contribution in [3.63, 3.8) is 0 Å². The van der Waals surface area contributed by atoms with E-state index in [1.807, 2.05) is 0 Å². The minimum Gasteiger partial charge on any atom is -0.465 e. The molecule has 10 heavy (non-hydrogen) atoms. The Morgan fingerprint density at radius 3 is 2.80 bits per heavy atom.